The molecule has 3 amide bonds. The van der Waals surface area contributed by atoms with E-state index in [1.165, 1.54) is 22.7 Å². The van der Waals surface area contributed by atoms with Gasteiger partial charge in [-0.05, 0) is 74.8 Å². The number of carboxylic acids is 1. The second kappa shape index (κ2) is 14.8. The molecule has 7 rings (SSSR count). The number of anilines is 1. The number of hydrogen-bond acceptors (Lipinski definition) is 11. The number of pyridine rings is 1. The second-order valence-corrected chi connectivity index (χ2v) is 17.8. The zero-order valence-corrected chi connectivity index (χ0v) is 33.3. The summed E-state index contributed by atoms with van der Waals surface area (Å²) in [5.74, 6) is -0.0479. The van der Waals surface area contributed by atoms with Crippen LogP contribution in [0.3, 0.4) is 0 Å². The molecule has 4 fully saturated rings. The molecule has 7 atom stereocenters. The largest absolute Gasteiger partial charge is 0.497 e. The minimum Gasteiger partial charge on any atom is -0.497 e. The molecule has 3 saturated carbocycles. The number of carbonyl (C=O) groups excluding carboxylic acids is 3. The molecule has 3 heterocycles. The van der Waals surface area contributed by atoms with E-state index >= 15 is 0 Å². The average molecular weight is 777 g/mol. The van der Waals surface area contributed by atoms with Gasteiger partial charge in [0.25, 0.3) is 0 Å². The van der Waals surface area contributed by atoms with E-state index in [1.54, 1.807) is 13.2 Å². The van der Waals surface area contributed by atoms with Crippen LogP contribution in [0.25, 0.3) is 22.3 Å². The third-order valence-electron chi connectivity index (χ3n) is 11.5. The Morgan fingerprint density at radius 1 is 1.04 bits per heavy atom. The highest BCUT2D eigenvalue weighted by Crippen LogP contribution is 2.52. The summed E-state index contributed by atoms with van der Waals surface area (Å²) in [6, 6.07) is 5.37. The first kappa shape index (κ1) is 38.6. The molecule has 7 unspecified atom stereocenters. The molecule has 3 aromatic rings. The van der Waals surface area contributed by atoms with Gasteiger partial charge in [0.05, 0.1) is 24.9 Å². The molecule has 15 heteroatoms. The van der Waals surface area contributed by atoms with Crippen molar-refractivity contribution in [3.8, 4) is 22.9 Å². The van der Waals surface area contributed by atoms with Crippen LogP contribution in [-0.4, -0.2) is 93.4 Å². The Bertz CT molecular complexity index is 1970. The van der Waals surface area contributed by atoms with Gasteiger partial charge in [-0.25, -0.2) is 19.6 Å². The van der Waals surface area contributed by atoms with Crippen molar-refractivity contribution in [1.82, 2.24) is 25.5 Å². The Balaban J connectivity index is 1.18. The lowest BCUT2D eigenvalue weighted by Gasteiger charge is -2.35. The lowest BCUT2D eigenvalue weighted by Crippen LogP contribution is -2.59. The van der Waals surface area contributed by atoms with Crippen molar-refractivity contribution < 1.29 is 38.5 Å². The maximum atomic E-state index is 14.6. The second-order valence-electron chi connectivity index (χ2n) is 17.0. The molecule has 3 aliphatic carbocycles. The van der Waals surface area contributed by atoms with E-state index < -0.39 is 53.0 Å². The first-order valence-corrected chi connectivity index (χ1v) is 20.2. The molecule has 1 aliphatic heterocycles. The standard InChI is InChI=1S/C40H52N6O8S/c1-8-23-17-40(23,36(49)50)45-34(47)31-15-26(18-46(31)35(48)33(39(4,5)6)44-38(51)54-25-12-21-11-22(21)13-25)53-32-16-29(30-19-55-37(43-30)41-20(2)3)42-28-14-24(52-7)9-10-27(28)32/h9-10,14,16,19-23,25-26,31,33H,8,11-13,15,17-18H2,1-7H3,(H,41,43)(H,44,51)(H,45,47)(H,49,50). The molecular formula is C40H52N6O8S. The number of carbonyl (C=O) groups is 4. The predicted octanol–water partition coefficient (Wildman–Crippen LogP) is 5.84. The quantitative estimate of drug-likeness (QED) is 0.164. The molecule has 4 N–H and O–H groups in total. The number of fused-ring (bicyclic) bond motifs is 2. The highest BCUT2D eigenvalue weighted by Gasteiger charge is 2.61. The fourth-order valence-electron chi connectivity index (χ4n) is 8.26. The number of hydrogen-bond donors (Lipinski definition) is 4. The van der Waals surface area contributed by atoms with Gasteiger partial charge in [-0.2, -0.15) is 0 Å². The molecular weight excluding hydrogens is 725 g/mol. The average Bonchev–Trinajstić information content (AvgIpc) is 3.79. The highest BCUT2D eigenvalue weighted by molar-refractivity contribution is 7.14. The molecule has 14 nitrogen and oxygen atoms in total. The van der Waals surface area contributed by atoms with Gasteiger partial charge in [-0.3, -0.25) is 9.59 Å². The number of thiazole rings is 1. The van der Waals surface area contributed by atoms with Crippen LogP contribution in [0.15, 0.2) is 29.6 Å². The number of methoxy groups -OCH3 is 1. The SMILES string of the molecule is CCC1CC1(NC(=O)C1CC(Oc2cc(-c3csc(NC(C)C)n3)nc3cc(OC)ccc23)CN1C(=O)C(NC(=O)OC1CC2CC2C1)C(C)(C)C)C(=O)O. The molecule has 1 saturated heterocycles. The van der Waals surface area contributed by atoms with E-state index in [0.29, 0.717) is 58.5 Å². The Hall–Kier alpha value is -4.66. The van der Waals surface area contributed by atoms with E-state index in [1.807, 2.05) is 65.1 Å². The minimum atomic E-state index is -1.39. The number of rotatable bonds is 13. The summed E-state index contributed by atoms with van der Waals surface area (Å²) >= 11 is 1.47. The van der Waals surface area contributed by atoms with E-state index in [4.69, 9.17) is 24.2 Å². The zero-order valence-electron chi connectivity index (χ0n) is 32.5. The van der Waals surface area contributed by atoms with Gasteiger partial charge >= 0.3 is 12.1 Å². The number of nitrogens with one attached hydrogen (secondary N) is 3. The normalized spacial score (nSPS) is 27.3. The van der Waals surface area contributed by atoms with Crippen molar-refractivity contribution >= 4 is 51.2 Å². The number of nitrogens with zero attached hydrogens (tertiary/aromatic N) is 3. The first-order valence-electron chi connectivity index (χ1n) is 19.3. The lowest BCUT2D eigenvalue weighted by molar-refractivity contribution is -0.146. The Morgan fingerprint density at radius 3 is 2.42 bits per heavy atom. The topological polar surface area (TPSA) is 181 Å². The summed E-state index contributed by atoms with van der Waals surface area (Å²) < 4.78 is 18.0. The summed E-state index contributed by atoms with van der Waals surface area (Å²) in [7, 11) is 1.58. The van der Waals surface area contributed by atoms with Crippen LogP contribution in [0.2, 0.25) is 0 Å². The van der Waals surface area contributed by atoms with Gasteiger partial charge in [0, 0.05) is 35.4 Å². The maximum Gasteiger partial charge on any atom is 0.408 e. The van der Waals surface area contributed by atoms with Crippen molar-refractivity contribution in [2.24, 2.45) is 23.2 Å². The van der Waals surface area contributed by atoms with E-state index in [0.717, 1.165) is 18.0 Å². The predicted molar refractivity (Wildman–Crippen MR) is 207 cm³/mol. The zero-order chi connectivity index (χ0) is 39.4. The third kappa shape index (κ3) is 8.03. The van der Waals surface area contributed by atoms with Crippen LogP contribution in [0, 0.1) is 23.2 Å². The fourth-order valence-corrected chi connectivity index (χ4v) is 9.11. The minimum absolute atomic E-state index is 0.0119. The summed E-state index contributed by atoms with van der Waals surface area (Å²) in [5, 5.41) is 22.5. The summed E-state index contributed by atoms with van der Waals surface area (Å²) in [6.45, 7) is 11.5. The molecule has 0 radical (unpaired) electrons. The monoisotopic (exact) mass is 776 g/mol. The van der Waals surface area contributed by atoms with Crippen LogP contribution in [0.5, 0.6) is 11.5 Å². The summed E-state index contributed by atoms with van der Waals surface area (Å²) in [6.07, 6.45) is 2.32. The van der Waals surface area contributed by atoms with E-state index in [-0.39, 0.29) is 31.0 Å². The molecule has 4 aliphatic rings. The van der Waals surface area contributed by atoms with Crippen molar-refractivity contribution in [3.63, 3.8) is 0 Å². The Morgan fingerprint density at radius 2 is 1.78 bits per heavy atom. The van der Waals surface area contributed by atoms with Gasteiger partial charge < -0.3 is 40.2 Å². The van der Waals surface area contributed by atoms with Gasteiger partial charge in [-0.1, -0.05) is 34.1 Å². The smallest absolute Gasteiger partial charge is 0.408 e. The van der Waals surface area contributed by atoms with Crippen LogP contribution < -0.4 is 25.4 Å². The molecule has 2 aromatic heterocycles. The Kier molecular flexibility index (Phi) is 10.4. The van der Waals surface area contributed by atoms with Gasteiger partial charge in [0.2, 0.25) is 11.8 Å². The Labute approximate surface area is 325 Å². The van der Waals surface area contributed by atoms with Crippen molar-refractivity contribution in [3.05, 3.63) is 29.6 Å². The number of aliphatic carboxylic acids is 1. The van der Waals surface area contributed by atoms with Crippen LogP contribution in [0.4, 0.5) is 9.93 Å². The van der Waals surface area contributed by atoms with Crippen molar-refractivity contribution in [2.75, 3.05) is 19.0 Å². The molecule has 1 aromatic carbocycles. The number of likely N-dealkylation sites (tertiary alicyclic amines) is 1. The van der Waals surface area contributed by atoms with E-state index in [9.17, 15) is 24.3 Å². The van der Waals surface area contributed by atoms with Crippen LogP contribution in [0.1, 0.15) is 80.1 Å². The van der Waals surface area contributed by atoms with Gasteiger partial charge in [0.15, 0.2) is 5.13 Å². The van der Waals surface area contributed by atoms with E-state index in [2.05, 4.69) is 16.0 Å². The number of benzene rings is 1. The number of ether oxygens (including phenoxy) is 3. The maximum absolute atomic E-state index is 14.6. The lowest BCUT2D eigenvalue weighted by atomic mass is 9.85. The number of carboxylic acid groups (broad SMARTS) is 1. The number of alkyl carbamates (subject to hydrolysis) is 1. The molecule has 0 spiro atoms. The number of amides is 3. The fraction of sp³-hybridized carbons (Fsp3) is 0.600. The number of aromatic nitrogens is 2. The van der Waals surface area contributed by atoms with Crippen LogP contribution in [-0.2, 0) is 19.1 Å². The summed E-state index contributed by atoms with van der Waals surface area (Å²) in [5.41, 5.74) is -0.318. The first-order chi connectivity index (χ1) is 26.1. The molecule has 296 valence electrons. The van der Waals surface area contributed by atoms with Crippen molar-refractivity contribution in [2.45, 2.75) is 116 Å². The molecule has 55 heavy (non-hydrogen) atoms. The highest BCUT2D eigenvalue weighted by atomic mass is 32.1. The van der Waals surface area contributed by atoms with Gasteiger partial charge in [0.1, 0.15) is 47.0 Å². The molecule has 0 bridgehead atoms. The van der Waals surface area contributed by atoms with Gasteiger partial charge in [-0.15, -0.1) is 11.3 Å². The third-order valence-corrected chi connectivity index (χ3v) is 12.2. The van der Waals surface area contributed by atoms with Crippen molar-refractivity contribution in [1.29, 1.82) is 0 Å². The summed E-state index contributed by atoms with van der Waals surface area (Å²) in [4.78, 5) is 65.5. The van der Waals surface area contributed by atoms with Crippen LogP contribution >= 0.6 is 11.3 Å².